The average Bonchev–Trinajstić information content (AvgIpc) is 2.90. The lowest BCUT2D eigenvalue weighted by molar-refractivity contribution is -0.147. The molecule has 2 bridgehead atoms. The Morgan fingerprint density at radius 3 is 2.56 bits per heavy atom. The molecule has 0 aromatic heterocycles. The van der Waals surface area contributed by atoms with Crippen LogP contribution in [0.5, 0.6) is 0 Å². The second-order valence-corrected chi connectivity index (χ2v) is 18.9. The zero-order valence-electron chi connectivity index (χ0n) is 27.6. The van der Waals surface area contributed by atoms with Crippen LogP contribution in [0.25, 0.3) is 0 Å². The van der Waals surface area contributed by atoms with Crippen molar-refractivity contribution in [3.05, 3.63) is 72.4 Å². The van der Waals surface area contributed by atoms with Crippen LogP contribution in [0.3, 0.4) is 0 Å². The maximum Gasteiger partial charge on any atom is 0.330 e. The number of rotatable bonds is 5. The van der Waals surface area contributed by atoms with Crippen LogP contribution in [0.1, 0.15) is 79.6 Å². The van der Waals surface area contributed by atoms with Gasteiger partial charge in [0.25, 0.3) is 0 Å². The number of fused-ring (bicyclic) bond motifs is 2. The van der Waals surface area contributed by atoms with Gasteiger partial charge in [0.1, 0.15) is 12.2 Å². The Morgan fingerprint density at radius 1 is 1.09 bits per heavy atom. The van der Waals surface area contributed by atoms with E-state index in [1.165, 1.54) is 11.6 Å². The predicted molar refractivity (Wildman–Crippen MR) is 177 cm³/mol. The third kappa shape index (κ3) is 12.1. The Bertz CT molecular complexity index is 1080. The summed E-state index contributed by atoms with van der Waals surface area (Å²) in [5, 5.41) is 11.2. The molecule has 0 fully saturated rings. The molecule has 3 heterocycles. The average molecular weight is 613 g/mol. The Kier molecular flexibility index (Phi) is 13.5. The van der Waals surface area contributed by atoms with Gasteiger partial charge in [0.15, 0.2) is 8.32 Å². The molecule has 7 atom stereocenters. The first-order chi connectivity index (χ1) is 20.2. The third-order valence-corrected chi connectivity index (χ3v) is 13.4. The summed E-state index contributed by atoms with van der Waals surface area (Å²) >= 11 is 0. The van der Waals surface area contributed by atoms with E-state index in [1.54, 1.807) is 12.2 Å². The Balaban J connectivity index is 1.84. The van der Waals surface area contributed by atoms with Crippen molar-refractivity contribution in [2.45, 2.75) is 134 Å². The van der Waals surface area contributed by atoms with E-state index in [1.807, 2.05) is 12.2 Å². The van der Waals surface area contributed by atoms with Crippen LogP contribution in [0.15, 0.2) is 72.4 Å². The van der Waals surface area contributed by atoms with Gasteiger partial charge in [-0.3, -0.25) is 0 Å². The van der Waals surface area contributed by atoms with Gasteiger partial charge in [-0.15, -0.1) is 0 Å². The van der Waals surface area contributed by atoms with Gasteiger partial charge in [0, 0.05) is 12.5 Å². The van der Waals surface area contributed by atoms with Gasteiger partial charge in [0.2, 0.25) is 0 Å². The number of ether oxygens (including phenoxy) is 3. The van der Waals surface area contributed by atoms with Crippen molar-refractivity contribution in [3.8, 4) is 0 Å². The lowest BCUT2D eigenvalue weighted by Gasteiger charge is -2.39. The fourth-order valence-corrected chi connectivity index (χ4v) is 6.75. The smallest absolute Gasteiger partial charge is 0.330 e. The van der Waals surface area contributed by atoms with Crippen molar-refractivity contribution in [1.82, 2.24) is 0 Å². The highest BCUT2D eigenvalue weighted by Crippen LogP contribution is 2.38. The fourth-order valence-electron chi connectivity index (χ4n) is 5.48. The van der Waals surface area contributed by atoms with Gasteiger partial charge in [0.05, 0.1) is 31.0 Å². The number of aliphatic hydroxyl groups is 1. The van der Waals surface area contributed by atoms with Crippen molar-refractivity contribution in [2.24, 2.45) is 5.92 Å². The summed E-state index contributed by atoms with van der Waals surface area (Å²) in [7, 11) is -2.07. The summed E-state index contributed by atoms with van der Waals surface area (Å²) in [6.45, 7) is 20.6. The molecular formula is C36H56O6Si. The van der Waals surface area contributed by atoms with E-state index in [4.69, 9.17) is 18.6 Å². The summed E-state index contributed by atoms with van der Waals surface area (Å²) in [6.07, 6.45) is 20.5. The van der Waals surface area contributed by atoms with Crippen LogP contribution >= 0.6 is 0 Å². The number of hydrogen-bond donors (Lipinski definition) is 1. The number of carbonyl (C=O) groups is 1. The molecule has 0 aliphatic carbocycles. The molecule has 7 heteroatoms. The highest BCUT2D eigenvalue weighted by Gasteiger charge is 2.39. The van der Waals surface area contributed by atoms with Crippen LogP contribution in [0, 0.1) is 5.92 Å². The molecule has 0 radical (unpaired) electrons. The summed E-state index contributed by atoms with van der Waals surface area (Å²) in [4.78, 5) is 12.9. The van der Waals surface area contributed by atoms with E-state index in [-0.39, 0.29) is 29.5 Å². The van der Waals surface area contributed by atoms with Crippen molar-refractivity contribution in [2.75, 3.05) is 6.61 Å². The molecule has 240 valence electrons. The summed E-state index contributed by atoms with van der Waals surface area (Å²) < 4.78 is 24.8. The lowest BCUT2D eigenvalue weighted by Crippen LogP contribution is -2.43. The van der Waals surface area contributed by atoms with Crippen LogP contribution in [-0.2, 0) is 23.4 Å². The summed E-state index contributed by atoms with van der Waals surface area (Å²) in [5.41, 5.74) is 2.42. The summed E-state index contributed by atoms with van der Waals surface area (Å²) in [5.74, 6) is -0.0441. The molecule has 3 aliphatic heterocycles. The van der Waals surface area contributed by atoms with E-state index < -0.39 is 26.5 Å². The number of esters is 1. The maximum absolute atomic E-state index is 12.9. The van der Waals surface area contributed by atoms with Crippen molar-refractivity contribution in [3.63, 3.8) is 0 Å². The van der Waals surface area contributed by atoms with Crippen LogP contribution in [-0.4, -0.2) is 62.6 Å². The largest absolute Gasteiger partial charge is 0.456 e. The normalized spacial score (nSPS) is 32.8. The van der Waals surface area contributed by atoms with Crippen LogP contribution < -0.4 is 0 Å². The van der Waals surface area contributed by atoms with E-state index in [2.05, 4.69) is 78.6 Å². The van der Waals surface area contributed by atoms with Crippen molar-refractivity contribution in [1.29, 1.82) is 0 Å². The number of hydrogen-bond acceptors (Lipinski definition) is 6. The van der Waals surface area contributed by atoms with Gasteiger partial charge >= 0.3 is 5.97 Å². The van der Waals surface area contributed by atoms with Gasteiger partial charge in [-0.2, -0.15) is 0 Å². The molecule has 0 aromatic rings. The zero-order valence-corrected chi connectivity index (χ0v) is 28.6. The number of cyclic esters (lactones) is 1. The molecule has 0 amide bonds. The Hall–Kier alpha value is -2.03. The van der Waals surface area contributed by atoms with E-state index in [9.17, 15) is 9.90 Å². The minimum absolute atomic E-state index is 0.0595. The first-order valence-corrected chi connectivity index (χ1v) is 19.0. The zero-order chi connectivity index (χ0) is 31.6. The lowest BCUT2D eigenvalue weighted by atomic mass is 9.91. The number of aliphatic hydroxyl groups excluding tert-OH is 1. The second kappa shape index (κ2) is 16.3. The van der Waals surface area contributed by atoms with E-state index in [0.29, 0.717) is 25.4 Å². The standard InChI is InChI=1S/C36H56O6Si/c1-26-20-21-39-30(23-26)18-19-33(37)34-16-10-15-32(42-43(7,8)36(4,5)6)25-28(3)22-27(2)24-31-14-9-12-29(40-31)13-11-17-35(38)41-34/h9-12,15,17-20,27,29-34,37H,3,13-14,16,21-25H2,1-2,4-8H3/b15-10+,17-11+,19-18?. The highest BCUT2D eigenvalue weighted by atomic mass is 28.4. The molecular weight excluding hydrogens is 556 g/mol. The number of carbonyl (C=O) groups excluding carboxylic acids is 1. The molecule has 6 nitrogen and oxygen atoms in total. The molecule has 0 saturated carbocycles. The molecule has 3 aliphatic rings. The molecule has 0 spiro atoms. The minimum atomic E-state index is -2.07. The molecule has 0 aromatic carbocycles. The first-order valence-electron chi connectivity index (χ1n) is 16.1. The molecule has 3 rings (SSSR count). The Labute approximate surface area is 261 Å². The Morgan fingerprint density at radius 2 is 1.84 bits per heavy atom. The van der Waals surface area contributed by atoms with Gasteiger partial charge in [-0.1, -0.05) is 94.0 Å². The van der Waals surface area contributed by atoms with Gasteiger partial charge in [-0.25, -0.2) is 4.79 Å². The molecule has 43 heavy (non-hydrogen) atoms. The SMILES string of the molecule is C=C1CC(C)CC2CC=CC(C/C=C/C(=O)OC(C(O)C=CC3CC(C)=CCO3)C/C=C/C(O[Si](C)(C)C(C)(C)C)C1)O2. The molecule has 0 saturated heterocycles. The maximum atomic E-state index is 12.9. The van der Waals surface area contributed by atoms with E-state index >= 15 is 0 Å². The monoisotopic (exact) mass is 612 g/mol. The van der Waals surface area contributed by atoms with Gasteiger partial charge in [-0.05, 0) is 69.5 Å². The van der Waals surface area contributed by atoms with Crippen LogP contribution in [0.2, 0.25) is 18.1 Å². The predicted octanol–water partition coefficient (Wildman–Crippen LogP) is 7.92. The topological polar surface area (TPSA) is 74.2 Å². The second-order valence-electron chi connectivity index (χ2n) is 14.2. The molecule has 1 N–H and O–H groups in total. The van der Waals surface area contributed by atoms with Crippen molar-refractivity contribution < 1.29 is 28.5 Å². The van der Waals surface area contributed by atoms with Gasteiger partial charge < -0.3 is 23.7 Å². The van der Waals surface area contributed by atoms with E-state index in [0.717, 1.165) is 37.7 Å². The van der Waals surface area contributed by atoms with Crippen LogP contribution in [0.4, 0.5) is 0 Å². The van der Waals surface area contributed by atoms with Crippen molar-refractivity contribution >= 4 is 14.3 Å². The fraction of sp³-hybridized carbons (Fsp3) is 0.639. The summed E-state index contributed by atoms with van der Waals surface area (Å²) in [6, 6.07) is 0. The highest BCUT2D eigenvalue weighted by molar-refractivity contribution is 6.74. The third-order valence-electron chi connectivity index (χ3n) is 8.94. The molecule has 7 unspecified atom stereocenters. The quantitative estimate of drug-likeness (QED) is 0.193. The minimum Gasteiger partial charge on any atom is -0.456 e. The first kappa shape index (κ1) is 35.4.